The van der Waals surface area contributed by atoms with E-state index in [4.69, 9.17) is 14.6 Å². The zero-order chi connectivity index (χ0) is 14.4. The van der Waals surface area contributed by atoms with Gasteiger partial charge in [0.1, 0.15) is 6.11 Å². The number of aliphatic hydroxyl groups excluding tert-OH is 1. The monoisotopic (exact) mass is 256 g/mol. The van der Waals surface area contributed by atoms with Crippen molar-refractivity contribution in [2.45, 2.75) is 60.2 Å². The van der Waals surface area contributed by atoms with Crippen LogP contribution in [0.15, 0.2) is 0 Å². The van der Waals surface area contributed by atoms with Gasteiger partial charge in [0.05, 0.1) is 30.3 Å². The maximum Gasteiger partial charge on any atom is 0.108 e. The molecule has 0 fully saturated rings. The minimum absolute atomic E-state index is 0.104. The van der Waals surface area contributed by atoms with Crippen molar-refractivity contribution in [1.29, 1.82) is 0 Å². The quantitative estimate of drug-likeness (QED) is 0.742. The van der Waals surface area contributed by atoms with Crippen LogP contribution in [0.2, 0.25) is 0 Å². The van der Waals surface area contributed by atoms with Gasteiger partial charge in [-0.15, -0.1) is 0 Å². The third-order valence-corrected chi connectivity index (χ3v) is 2.68. The molecule has 0 saturated heterocycles. The molecule has 0 amide bonds. The van der Waals surface area contributed by atoms with Crippen molar-refractivity contribution in [2.24, 2.45) is 11.3 Å². The Bertz CT molecular complexity index is 291. The molecule has 0 radical (unpaired) electrons. The summed E-state index contributed by atoms with van der Waals surface area (Å²) in [7, 11) is 0. The maximum atomic E-state index is 8.61. The second kappa shape index (κ2) is 7.01. The topological polar surface area (TPSA) is 38.7 Å². The molecule has 0 spiro atoms. The van der Waals surface area contributed by atoms with Crippen LogP contribution in [0, 0.1) is 23.4 Å². The summed E-state index contributed by atoms with van der Waals surface area (Å²) in [5.41, 5.74) is -0.441. The molecule has 2 unspecified atom stereocenters. The summed E-state index contributed by atoms with van der Waals surface area (Å²) in [6.07, 6.45) is 2.06. The number of rotatable bonds is 6. The van der Waals surface area contributed by atoms with Gasteiger partial charge in [0, 0.05) is 5.92 Å². The van der Waals surface area contributed by atoms with Crippen LogP contribution >= 0.6 is 0 Å². The molecule has 0 aromatic heterocycles. The highest BCUT2D eigenvalue weighted by molar-refractivity contribution is 5.03. The molecular weight excluding hydrogens is 228 g/mol. The van der Waals surface area contributed by atoms with Crippen molar-refractivity contribution >= 4 is 0 Å². The second-order valence-corrected chi connectivity index (χ2v) is 6.54. The van der Waals surface area contributed by atoms with Crippen LogP contribution in [-0.2, 0) is 9.47 Å². The third kappa shape index (κ3) is 8.38. The lowest BCUT2D eigenvalue weighted by atomic mass is 9.96. The zero-order valence-electron chi connectivity index (χ0n) is 12.8. The molecule has 3 heteroatoms. The Morgan fingerprint density at radius 2 is 1.67 bits per heavy atom. The van der Waals surface area contributed by atoms with Crippen molar-refractivity contribution in [2.75, 3.05) is 13.2 Å². The lowest BCUT2D eigenvalue weighted by molar-refractivity contribution is -0.0644. The van der Waals surface area contributed by atoms with Crippen molar-refractivity contribution in [1.82, 2.24) is 0 Å². The highest BCUT2D eigenvalue weighted by atomic mass is 16.5. The van der Waals surface area contributed by atoms with Crippen LogP contribution in [0.5, 0.6) is 0 Å². The van der Waals surface area contributed by atoms with Crippen LogP contribution in [0.3, 0.4) is 0 Å². The lowest BCUT2D eigenvalue weighted by Crippen LogP contribution is -2.30. The van der Waals surface area contributed by atoms with E-state index in [2.05, 4.69) is 12.8 Å². The van der Waals surface area contributed by atoms with Gasteiger partial charge >= 0.3 is 0 Å². The molecule has 3 nitrogen and oxygen atoms in total. The molecule has 18 heavy (non-hydrogen) atoms. The minimum atomic E-state index is -0.326. The third-order valence-electron chi connectivity index (χ3n) is 2.68. The molecule has 0 aliphatic heterocycles. The Morgan fingerprint density at radius 3 is 2.11 bits per heavy atom. The molecule has 0 aliphatic rings. The van der Waals surface area contributed by atoms with Crippen LogP contribution in [-0.4, -0.2) is 30.0 Å². The van der Waals surface area contributed by atoms with Gasteiger partial charge in [-0.3, -0.25) is 0 Å². The number of hydrogen-bond acceptors (Lipinski definition) is 3. The van der Waals surface area contributed by atoms with E-state index in [9.17, 15) is 0 Å². The molecule has 0 aromatic rings. The number of ether oxygens (including phenoxy) is 2. The van der Waals surface area contributed by atoms with Gasteiger partial charge in [0.15, 0.2) is 0 Å². The van der Waals surface area contributed by atoms with Crippen molar-refractivity contribution in [3.05, 3.63) is 0 Å². The van der Waals surface area contributed by atoms with Gasteiger partial charge < -0.3 is 14.6 Å². The fourth-order valence-electron chi connectivity index (χ4n) is 1.21. The molecule has 0 aliphatic carbocycles. The zero-order valence-corrected chi connectivity index (χ0v) is 12.8. The summed E-state index contributed by atoms with van der Waals surface area (Å²) >= 11 is 0. The largest absolute Gasteiger partial charge is 0.462 e. The summed E-state index contributed by atoms with van der Waals surface area (Å²) in [4.78, 5) is 0. The van der Waals surface area contributed by atoms with Gasteiger partial charge in [-0.05, 0) is 41.5 Å². The van der Waals surface area contributed by atoms with Crippen LogP contribution in [0.25, 0.3) is 0 Å². The Balaban J connectivity index is 4.08. The maximum absolute atomic E-state index is 8.61. The minimum Gasteiger partial charge on any atom is -0.462 e. The Kier molecular flexibility index (Phi) is 6.73. The van der Waals surface area contributed by atoms with Crippen molar-refractivity contribution in [3.63, 3.8) is 0 Å². The molecular formula is C15H28O3. The predicted octanol–water partition coefficient (Wildman–Crippen LogP) is 3.20. The van der Waals surface area contributed by atoms with E-state index in [-0.39, 0.29) is 17.1 Å². The number of aliphatic hydroxyl groups is 1. The molecule has 1 N–H and O–H groups in total. The van der Waals surface area contributed by atoms with E-state index in [1.807, 2.05) is 47.6 Å². The lowest BCUT2D eigenvalue weighted by Gasteiger charge is -2.27. The molecule has 2 atom stereocenters. The van der Waals surface area contributed by atoms with E-state index in [0.717, 1.165) is 0 Å². The van der Waals surface area contributed by atoms with Gasteiger partial charge in [0.25, 0.3) is 0 Å². The molecule has 0 aromatic carbocycles. The summed E-state index contributed by atoms with van der Waals surface area (Å²) in [6.45, 7) is 15.4. The molecule has 0 rings (SSSR count). The first-order valence-corrected chi connectivity index (χ1v) is 6.49. The Morgan fingerprint density at radius 1 is 1.11 bits per heavy atom. The van der Waals surface area contributed by atoms with Crippen molar-refractivity contribution < 1.29 is 14.6 Å². The standard InChI is InChI=1S/C15H28O3/c1-12(10-18-14(3,4)5)13(2)17-11-15(6,7)8-9-16/h12-13,16H,10-11H2,1-7H3. The van der Waals surface area contributed by atoms with E-state index in [1.54, 1.807) is 0 Å². The summed E-state index contributed by atoms with van der Waals surface area (Å²) in [5, 5.41) is 8.61. The van der Waals surface area contributed by atoms with E-state index < -0.39 is 0 Å². The van der Waals surface area contributed by atoms with Gasteiger partial charge in [0.2, 0.25) is 0 Å². The van der Waals surface area contributed by atoms with Gasteiger partial charge in [-0.2, -0.15) is 0 Å². The average Bonchev–Trinajstić information content (AvgIpc) is 2.21. The molecule has 106 valence electrons. The van der Waals surface area contributed by atoms with Crippen molar-refractivity contribution in [3.8, 4) is 12.0 Å². The average molecular weight is 256 g/mol. The summed E-state index contributed by atoms with van der Waals surface area (Å²) in [5.74, 6) is 3.04. The predicted molar refractivity (Wildman–Crippen MR) is 73.8 cm³/mol. The summed E-state index contributed by atoms with van der Waals surface area (Å²) in [6, 6.07) is 0. The fourth-order valence-corrected chi connectivity index (χ4v) is 1.21. The molecule has 0 bridgehead atoms. The number of hydrogen-bond donors (Lipinski definition) is 1. The first-order valence-electron chi connectivity index (χ1n) is 6.49. The normalized spacial score (nSPS) is 15.7. The SMILES string of the molecule is CC(COC(C)(C)C)C(C)OCC(C)(C)C#CO. The second-order valence-electron chi connectivity index (χ2n) is 6.54. The van der Waals surface area contributed by atoms with Gasteiger partial charge in [-0.25, -0.2) is 0 Å². The Labute approximate surface area is 112 Å². The van der Waals surface area contributed by atoms with E-state index in [1.165, 1.54) is 0 Å². The smallest absolute Gasteiger partial charge is 0.108 e. The fraction of sp³-hybridized carbons (Fsp3) is 0.867. The summed E-state index contributed by atoms with van der Waals surface area (Å²) < 4.78 is 11.5. The first kappa shape index (κ1) is 17.3. The molecule has 0 saturated carbocycles. The van der Waals surface area contributed by atoms with E-state index >= 15 is 0 Å². The van der Waals surface area contributed by atoms with Crippen LogP contribution in [0.1, 0.15) is 48.5 Å². The Hall–Kier alpha value is -0.720. The van der Waals surface area contributed by atoms with Crippen LogP contribution < -0.4 is 0 Å². The molecule has 0 heterocycles. The van der Waals surface area contributed by atoms with E-state index in [0.29, 0.717) is 19.1 Å². The van der Waals surface area contributed by atoms with Crippen LogP contribution in [0.4, 0.5) is 0 Å². The highest BCUT2D eigenvalue weighted by Crippen LogP contribution is 2.18. The first-order chi connectivity index (χ1) is 8.07. The van der Waals surface area contributed by atoms with Gasteiger partial charge in [-0.1, -0.05) is 12.8 Å². The highest BCUT2D eigenvalue weighted by Gasteiger charge is 2.21.